The molecule has 1 rings (SSSR count). The van der Waals surface area contributed by atoms with Crippen LogP contribution in [0.25, 0.3) is 0 Å². The van der Waals surface area contributed by atoms with Crippen molar-refractivity contribution in [2.45, 2.75) is 11.8 Å². The van der Waals surface area contributed by atoms with Crippen LogP contribution in [-0.2, 0) is 10.0 Å². The summed E-state index contributed by atoms with van der Waals surface area (Å²) in [5.41, 5.74) is 0.693. The van der Waals surface area contributed by atoms with Gasteiger partial charge in [-0.1, -0.05) is 23.2 Å². The van der Waals surface area contributed by atoms with Gasteiger partial charge >= 0.3 is 0 Å². The lowest BCUT2D eigenvalue weighted by molar-refractivity contribution is 0.598. The molecule has 0 saturated carbocycles. The molecule has 0 radical (unpaired) electrons. The molecule has 0 aliphatic carbocycles. The number of primary sulfonamides is 1. The molecule has 0 spiro atoms. The highest BCUT2D eigenvalue weighted by molar-refractivity contribution is 7.89. The maximum Gasteiger partial charge on any atom is 0.239 e. The first kappa shape index (κ1) is 10.8. The Morgan fingerprint density at radius 1 is 1.31 bits per heavy atom. The molecule has 2 N–H and O–H groups in total. The van der Waals surface area contributed by atoms with E-state index in [9.17, 15) is 8.42 Å². The third-order valence-corrected chi connectivity index (χ3v) is 3.29. The molecule has 0 bridgehead atoms. The van der Waals surface area contributed by atoms with Crippen LogP contribution in [0.2, 0.25) is 10.0 Å². The fourth-order valence-corrected chi connectivity index (χ4v) is 2.37. The highest BCUT2D eigenvalue weighted by Crippen LogP contribution is 2.29. The molecule has 1 aromatic rings. The fraction of sp³-hybridized carbons (Fsp3) is 0.143. The number of nitrogens with two attached hydrogens (primary N) is 1. The molecule has 0 aromatic heterocycles. The Morgan fingerprint density at radius 2 is 1.85 bits per heavy atom. The molecule has 0 saturated heterocycles. The maximum atomic E-state index is 11.0. The van der Waals surface area contributed by atoms with Crippen LogP contribution >= 0.6 is 23.2 Å². The van der Waals surface area contributed by atoms with Crippen molar-refractivity contribution in [1.29, 1.82) is 0 Å². The van der Waals surface area contributed by atoms with Crippen LogP contribution in [0.15, 0.2) is 17.0 Å². The number of benzene rings is 1. The van der Waals surface area contributed by atoms with Gasteiger partial charge in [-0.25, -0.2) is 13.6 Å². The fourth-order valence-electron chi connectivity index (χ4n) is 0.900. The van der Waals surface area contributed by atoms with E-state index in [1.165, 1.54) is 6.07 Å². The van der Waals surface area contributed by atoms with Crippen molar-refractivity contribution >= 4 is 33.2 Å². The first-order chi connectivity index (χ1) is 5.82. The standard InChI is InChI=1S/C7H7Cl2NO2S/c1-4-2-5(8)7(9)6(3-4)13(10,11)12/h2-3H,1H3,(H2,10,11,12). The van der Waals surface area contributed by atoms with Gasteiger partial charge in [-0.15, -0.1) is 0 Å². The normalized spacial score (nSPS) is 11.7. The molecule has 0 aliphatic heterocycles. The lowest BCUT2D eigenvalue weighted by Crippen LogP contribution is -2.13. The van der Waals surface area contributed by atoms with E-state index in [4.69, 9.17) is 28.3 Å². The van der Waals surface area contributed by atoms with Gasteiger partial charge in [0.2, 0.25) is 10.0 Å². The van der Waals surface area contributed by atoms with Crippen LogP contribution in [0.3, 0.4) is 0 Å². The molecule has 0 fully saturated rings. The van der Waals surface area contributed by atoms with Crippen LogP contribution in [-0.4, -0.2) is 8.42 Å². The zero-order valence-electron chi connectivity index (χ0n) is 6.71. The third-order valence-electron chi connectivity index (χ3n) is 1.45. The molecule has 1 aromatic carbocycles. The van der Waals surface area contributed by atoms with Crippen LogP contribution in [0.4, 0.5) is 0 Å². The smallest absolute Gasteiger partial charge is 0.225 e. The van der Waals surface area contributed by atoms with Crippen molar-refractivity contribution in [3.8, 4) is 0 Å². The van der Waals surface area contributed by atoms with E-state index >= 15 is 0 Å². The second-order valence-electron chi connectivity index (χ2n) is 2.60. The minimum Gasteiger partial charge on any atom is -0.225 e. The Kier molecular flexibility index (Phi) is 2.87. The van der Waals surface area contributed by atoms with E-state index in [1.807, 2.05) is 0 Å². The summed E-state index contributed by atoms with van der Waals surface area (Å²) in [6.45, 7) is 1.71. The molecule has 0 aliphatic rings. The second kappa shape index (κ2) is 3.46. The van der Waals surface area contributed by atoms with E-state index in [2.05, 4.69) is 0 Å². The highest BCUT2D eigenvalue weighted by atomic mass is 35.5. The van der Waals surface area contributed by atoms with E-state index in [0.717, 1.165) is 0 Å². The van der Waals surface area contributed by atoms with Gasteiger partial charge in [0.15, 0.2) is 0 Å². The Labute approximate surface area is 86.5 Å². The van der Waals surface area contributed by atoms with Crippen LogP contribution < -0.4 is 5.14 Å². The second-order valence-corrected chi connectivity index (χ2v) is 4.92. The van der Waals surface area contributed by atoms with Gasteiger partial charge < -0.3 is 0 Å². The Hall–Kier alpha value is -0.290. The Bertz CT molecular complexity index is 442. The van der Waals surface area contributed by atoms with Crippen molar-refractivity contribution in [3.05, 3.63) is 27.7 Å². The summed E-state index contributed by atoms with van der Waals surface area (Å²) < 4.78 is 22.0. The van der Waals surface area contributed by atoms with Crippen LogP contribution in [0.5, 0.6) is 0 Å². The third kappa shape index (κ3) is 2.34. The van der Waals surface area contributed by atoms with Crippen molar-refractivity contribution in [2.24, 2.45) is 5.14 Å². The molecule has 0 heterocycles. The Balaban J connectivity index is 3.56. The molecule has 13 heavy (non-hydrogen) atoms. The van der Waals surface area contributed by atoms with Crippen molar-refractivity contribution < 1.29 is 8.42 Å². The molecular formula is C7H7Cl2NO2S. The van der Waals surface area contributed by atoms with Gasteiger partial charge in [0, 0.05) is 0 Å². The van der Waals surface area contributed by atoms with E-state index in [0.29, 0.717) is 5.56 Å². The highest BCUT2D eigenvalue weighted by Gasteiger charge is 2.15. The van der Waals surface area contributed by atoms with Crippen molar-refractivity contribution in [3.63, 3.8) is 0 Å². The van der Waals surface area contributed by atoms with Gasteiger partial charge in [0.25, 0.3) is 0 Å². The summed E-state index contributed by atoms with van der Waals surface area (Å²) in [4.78, 5) is -0.140. The predicted molar refractivity (Wildman–Crippen MR) is 52.6 cm³/mol. The van der Waals surface area contributed by atoms with Gasteiger partial charge in [0.1, 0.15) is 4.90 Å². The topological polar surface area (TPSA) is 60.2 Å². The number of hydrogen-bond donors (Lipinski definition) is 1. The summed E-state index contributed by atoms with van der Waals surface area (Å²) in [6, 6.07) is 2.95. The minimum atomic E-state index is -3.79. The predicted octanol–water partition coefficient (Wildman–Crippen LogP) is 1.95. The number of aryl methyl sites for hydroxylation is 1. The average molecular weight is 240 g/mol. The number of sulfonamides is 1. The minimum absolute atomic E-state index is 0.0326. The summed E-state index contributed by atoms with van der Waals surface area (Å²) in [5, 5.41) is 5.08. The molecule has 0 amide bonds. The molecule has 3 nitrogen and oxygen atoms in total. The number of halogens is 2. The monoisotopic (exact) mass is 239 g/mol. The van der Waals surface area contributed by atoms with Gasteiger partial charge in [-0.3, -0.25) is 0 Å². The first-order valence-electron chi connectivity index (χ1n) is 3.31. The van der Waals surface area contributed by atoms with Gasteiger partial charge in [0.05, 0.1) is 10.0 Å². The molecule has 0 atom stereocenters. The van der Waals surface area contributed by atoms with E-state index in [1.54, 1.807) is 13.0 Å². The number of rotatable bonds is 1. The maximum absolute atomic E-state index is 11.0. The van der Waals surface area contributed by atoms with Crippen molar-refractivity contribution in [2.75, 3.05) is 0 Å². The van der Waals surface area contributed by atoms with Crippen LogP contribution in [0.1, 0.15) is 5.56 Å². The SMILES string of the molecule is Cc1cc(Cl)c(Cl)c(S(N)(=O)=O)c1. The average Bonchev–Trinajstić information content (AvgIpc) is 1.94. The molecular weight excluding hydrogens is 233 g/mol. The largest absolute Gasteiger partial charge is 0.239 e. The molecule has 6 heteroatoms. The summed E-state index contributed by atoms with van der Waals surface area (Å²) >= 11 is 11.3. The van der Waals surface area contributed by atoms with Gasteiger partial charge in [-0.2, -0.15) is 0 Å². The lowest BCUT2D eigenvalue weighted by atomic mass is 10.2. The van der Waals surface area contributed by atoms with Gasteiger partial charge in [-0.05, 0) is 24.6 Å². The zero-order valence-corrected chi connectivity index (χ0v) is 9.04. The van der Waals surface area contributed by atoms with Crippen molar-refractivity contribution in [1.82, 2.24) is 0 Å². The molecule has 72 valence electrons. The quantitative estimate of drug-likeness (QED) is 0.815. The van der Waals surface area contributed by atoms with E-state index < -0.39 is 10.0 Å². The zero-order chi connectivity index (χ0) is 10.2. The molecule has 0 unspecified atom stereocenters. The first-order valence-corrected chi connectivity index (χ1v) is 5.61. The summed E-state index contributed by atoms with van der Waals surface area (Å²) in [5.74, 6) is 0. The number of hydrogen-bond acceptors (Lipinski definition) is 2. The summed E-state index contributed by atoms with van der Waals surface area (Å²) in [7, 11) is -3.79. The lowest BCUT2D eigenvalue weighted by Gasteiger charge is -2.04. The Morgan fingerprint density at radius 3 is 2.31 bits per heavy atom. The summed E-state index contributed by atoms with van der Waals surface area (Å²) in [6.07, 6.45) is 0. The van der Waals surface area contributed by atoms with E-state index in [-0.39, 0.29) is 14.9 Å². The van der Waals surface area contributed by atoms with Crippen LogP contribution in [0, 0.1) is 6.92 Å².